The van der Waals surface area contributed by atoms with Crippen molar-refractivity contribution in [2.45, 2.75) is 149 Å². The van der Waals surface area contributed by atoms with Gasteiger partial charge in [0.15, 0.2) is 16.6 Å². The molecule has 0 radical (unpaired) electrons. The van der Waals surface area contributed by atoms with Crippen molar-refractivity contribution in [1.82, 2.24) is 0 Å². The van der Waals surface area contributed by atoms with Crippen LogP contribution in [0.1, 0.15) is 103 Å². The van der Waals surface area contributed by atoms with Gasteiger partial charge in [0.05, 0.1) is 0 Å². The second-order valence-electron chi connectivity index (χ2n) is 16.7. The first-order valence-corrected chi connectivity index (χ1v) is 24.3. The van der Waals surface area contributed by atoms with Crippen LogP contribution in [0, 0.1) is 5.92 Å². The van der Waals surface area contributed by atoms with Crippen LogP contribution in [-0.2, 0) is 13.3 Å². The second kappa shape index (κ2) is 15.7. The minimum Gasteiger partial charge on any atom is -0.416 e. The number of benzene rings is 2. The second-order valence-corrected chi connectivity index (χ2v) is 31.2. The predicted molar refractivity (Wildman–Crippen MR) is 201 cm³/mol. The molecule has 3 nitrogen and oxygen atoms in total. The Morgan fingerprint density at radius 2 is 1.05 bits per heavy atom. The molecule has 0 heterocycles. The fraction of sp³-hybridized carbons (Fsp3) is 0.684. The van der Waals surface area contributed by atoms with E-state index in [0.29, 0.717) is 22.5 Å². The van der Waals surface area contributed by atoms with Crippen LogP contribution in [0.2, 0.25) is 39.8 Å². The predicted octanol–water partition coefficient (Wildman–Crippen LogP) is 10.6. The van der Waals surface area contributed by atoms with Gasteiger partial charge in [0.2, 0.25) is 0 Å². The van der Waals surface area contributed by atoms with Gasteiger partial charge in [0.1, 0.15) is 0 Å². The molecule has 0 aliphatic heterocycles. The van der Waals surface area contributed by atoms with Crippen LogP contribution in [0.15, 0.2) is 60.7 Å². The maximum atomic E-state index is 7.27. The van der Waals surface area contributed by atoms with Crippen LogP contribution in [0.5, 0.6) is 0 Å². The summed E-state index contributed by atoms with van der Waals surface area (Å²) in [6, 6.07) is 22.0. The topological polar surface area (TPSA) is 27.7 Å². The molecule has 0 N–H and O–H groups in total. The molecule has 44 heavy (non-hydrogen) atoms. The molecule has 250 valence electrons. The van der Waals surface area contributed by atoms with Crippen LogP contribution < -0.4 is 10.4 Å². The lowest BCUT2D eigenvalue weighted by Gasteiger charge is -2.45. The van der Waals surface area contributed by atoms with E-state index in [9.17, 15) is 0 Å². The van der Waals surface area contributed by atoms with Gasteiger partial charge in [-0.15, -0.1) is 0 Å². The first-order valence-electron chi connectivity index (χ1n) is 17.3. The Morgan fingerprint density at radius 3 is 1.41 bits per heavy atom. The molecule has 0 bridgehead atoms. The van der Waals surface area contributed by atoms with Crippen LogP contribution in [0.3, 0.4) is 0 Å². The van der Waals surface area contributed by atoms with Crippen LogP contribution >= 0.6 is 0 Å². The summed E-state index contributed by atoms with van der Waals surface area (Å²) < 4.78 is 21.6. The van der Waals surface area contributed by atoms with Gasteiger partial charge in [-0.05, 0) is 63.0 Å². The standard InChI is InChI=1S/C38H68O3Si3/c1-30(2)43(31(3)4,32(5)6)40-29-33(7)36(41-42(14,15)37(8,9)10)27-22-28-39-44(38(11,12)13,34-23-18-16-19-24-34)35-25-20-17-21-26-35/h16-21,23-26,30-33,36H,22,27-29H2,1-15H3/t33-,36-/m1/s1. The smallest absolute Gasteiger partial charge is 0.261 e. The number of rotatable bonds is 16. The molecule has 2 atom stereocenters. The van der Waals surface area contributed by atoms with Crippen molar-refractivity contribution in [3.63, 3.8) is 0 Å². The van der Waals surface area contributed by atoms with Gasteiger partial charge in [0, 0.05) is 25.2 Å². The maximum Gasteiger partial charge on any atom is 0.261 e. The monoisotopic (exact) mass is 656 g/mol. The molecular weight excluding hydrogens is 589 g/mol. The lowest BCUT2D eigenvalue weighted by Crippen LogP contribution is -2.66. The largest absolute Gasteiger partial charge is 0.416 e. The molecule has 0 fully saturated rings. The minimum absolute atomic E-state index is 0.0215. The Balaban J connectivity index is 2.35. The summed E-state index contributed by atoms with van der Waals surface area (Å²) in [6.45, 7) is 37.0. The quantitative estimate of drug-likeness (QED) is 0.133. The number of hydrogen-bond acceptors (Lipinski definition) is 3. The van der Waals surface area contributed by atoms with E-state index in [-0.39, 0.29) is 16.2 Å². The summed E-state index contributed by atoms with van der Waals surface area (Å²) in [5.41, 5.74) is 1.73. The normalized spacial score (nSPS) is 15.3. The fourth-order valence-corrected chi connectivity index (χ4v) is 18.8. The maximum absolute atomic E-state index is 7.27. The Labute approximate surface area is 276 Å². The van der Waals surface area contributed by atoms with Crippen LogP contribution in [-0.4, -0.2) is 44.3 Å². The summed E-state index contributed by atoms with van der Waals surface area (Å²) in [7, 11) is -6.49. The Hall–Kier alpha value is -1.03. The van der Waals surface area contributed by atoms with Crippen molar-refractivity contribution in [1.29, 1.82) is 0 Å². The zero-order valence-electron chi connectivity index (χ0n) is 31.2. The summed E-state index contributed by atoms with van der Waals surface area (Å²) in [6.07, 6.45) is 2.10. The van der Waals surface area contributed by atoms with Gasteiger partial charge in [-0.2, -0.15) is 0 Å². The minimum atomic E-state index is -2.55. The van der Waals surface area contributed by atoms with Crippen molar-refractivity contribution in [3.8, 4) is 0 Å². The molecule has 2 rings (SSSR count). The van der Waals surface area contributed by atoms with Gasteiger partial charge >= 0.3 is 0 Å². The van der Waals surface area contributed by atoms with Gasteiger partial charge in [-0.3, -0.25) is 0 Å². The molecule has 0 unspecified atom stereocenters. The highest BCUT2D eigenvalue weighted by Crippen LogP contribution is 2.44. The lowest BCUT2D eigenvalue weighted by molar-refractivity contribution is 0.0747. The summed E-state index contributed by atoms with van der Waals surface area (Å²) in [5, 5.41) is 2.81. The van der Waals surface area contributed by atoms with Crippen LogP contribution in [0.4, 0.5) is 0 Å². The van der Waals surface area contributed by atoms with Crippen molar-refractivity contribution in [3.05, 3.63) is 60.7 Å². The zero-order chi connectivity index (χ0) is 33.6. The van der Waals surface area contributed by atoms with E-state index in [4.69, 9.17) is 13.3 Å². The van der Waals surface area contributed by atoms with Crippen molar-refractivity contribution < 1.29 is 13.3 Å². The molecule has 0 saturated carbocycles. The molecule has 0 aliphatic carbocycles. The van der Waals surface area contributed by atoms with E-state index in [0.717, 1.165) is 26.1 Å². The van der Waals surface area contributed by atoms with Crippen molar-refractivity contribution >= 4 is 35.3 Å². The third-order valence-corrected chi connectivity index (χ3v) is 26.2. The van der Waals surface area contributed by atoms with E-state index in [1.165, 1.54) is 10.4 Å². The highest BCUT2D eigenvalue weighted by molar-refractivity contribution is 6.99. The van der Waals surface area contributed by atoms with Crippen molar-refractivity contribution in [2.75, 3.05) is 13.2 Å². The molecular formula is C38H68O3Si3. The third kappa shape index (κ3) is 8.86. The van der Waals surface area contributed by atoms with E-state index in [1.54, 1.807) is 0 Å². The van der Waals surface area contributed by atoms with E-state index in [1.807, 2.05) is 0 Å². The molecule has 0 saturated heterocycles. The fourth-order valence-electron chi connectivity index (χ4n) is 7.17. The first-order chi connectivity index (χ1) is 20.2. The summed E-state index contributed by atoms with van der Waals surface area (Å²) >= 11 is 0. The zero-order valence-corrected chi connectivity index (χ0v) is 34.2. The molecule has 2 aromatic rings. The third-order valence-electron chi connectivity index (χ3n) is 10.6. The first kappa shape index (κ1) is 39.2. The summed E-state index contributed by atoms with van der Waals surface area (Å²) in [4.78, 5) is 0. The highest BCUT2D eigenvalue weighted by atomic mass is 28.4. The summed E-state index contributed by atoms with van der Waals surface area (Å²) in [5.74, 6) is 0.320. The molecule has 2 aromatic carbocycles. The van der Waals surface area contributed by atoms with E-state index < -0.39 is 25.0 Å². The van der Waals surface area contributed by atoms with Gasteiger partial charge < -0.3 is 13.3 Å². The lowest BCUT2D eigenvalue weighted by atomic mass is 10.0. The van der Waals surface area contributed by atoms with Gasteiger partial charge in [0.25, 0.3) is 8.32 Å². The molecule has 0 amide bonds. The Kier molecular flexibility index (Phi) is 14.0. The Morgan fingerprint density at radius 1 is 0.614 bits per heavy atom. The van der Waals surface area contributed by atoms with Crippen LogP contribution in [0.25, 0.3) is 0 Å². The number of hydrogen-bond donors (Lipinski definition) is 0. The Bertz CT molecular complexity index is 1040. The van der Waals surface area contributed by atoms with Gasteiger partial charge in [-0.25, -0.2) is 0 Å². The molecule has 6 heteroatoms. The molecule has 0 aromatic heterocycles. The SMILES string of the molecule is CC(C)[Si](OC[C@@H](C)[C@@H](CCCO[Si](c1ccccc1)(c1ccccc1)C(C)(C)C)O[Si](C)(C)C(C)(C)C)(C(C)C)C(C)C. The van der Waals surface area contributed by atoms with E-state index in [2.05, 4.69) is 164 Å². The average molecular weight is 657 g/mol. The van der Waals surface area contributed by atoms with Gasteiger partial charge in [-0.1, -0.05) is 151 Å². The van der Waals surface area contributed by atoms with E-state index >= 15 is 0 Å². The average Bonchev–Trinajstić information content (AvgIpc) is 2.91. The highest BCUT2D eigenvalue weighted by Gasteiger charge is 2.50. The molecule has 0 aliphatic rings. The van der Waals surface area contributed by atoms with Crippen molar-refractivity contribution in [2.24, 2.45) is 5.92 Å². The molecule has 0 spiro atoms.